The predicted octanol–water partition coefficient (Wildman–Crippen LogP) is 2.77. The van der Waals surface area contributed by atoms with Gasteiger partial charge in [0.2, 0.25) is 0 Å². The molecule has 2 saturated heterocycles. The van der Waals surface area contributed by atoms with Crippen molar-refractivity contribution in [2.75, 3.05) is 7.05 Å². The molecule has 1 aromatic rings. The van der Waals surface area contributed by atoms with Crippen LogP contribution in [0.1, 0.15) is 36.1 Å². The molecule has 0 saturated carbocycles. The van der Waals surface area contributed by atoms with E-state index in [1.807, 2.05) is 11.3 Å². The monoisotopic (exact) mass is 250 g/mol. The average molecular weight is 250 g/mol. The van der Waals surface area contributed by atoms with Crippen LogP contribution in [0.15, 0.2) is 11.4 Å². The van der Waals surface area contributed by atoms with Gasteiger partial charge >= 0.3 is 0 Å². The summed E-state index contributed by atoms with van der Waals surface area (Å²) in [5, 5.41) is 5.70. The lowest BCUT2D eigenvalue weighted by molar-refractivity contribution is 0.112. The number of piperidine rings is 1. The minimum atomic E-state index is 0.758. The third-order valence-electron chi connectivity index (χ3n) is 4.59. The van der Waals surface area contributed by atoms with Gasteiger partial charge in [-0.15, -0.1) is 11.3 Å². The largest absolute Gasteiger partial charge is 0.317 e. The number of nitrogens with zero attached hydrogens (tertiary/aromatic N) is 1. The van der Waals surface area contributed by atoms with E-state index in [2.05, 4.69) is 35.6 Å². The second-order valence-electron chi connectivity index (χ2n) is 5.54. The van der Waals surface area contributed by atoms with E-state index >= 15 is 0 Å². The van der Waals surface area contributed by atoms with Crippen LogP contribution in [0.3, 0.4) is 0 Å². The molecule has 3 heterocycles. The number of nitrogens with one attached hydrogen (secondary N) is 1. The average Bonchev–Trinajstić information content (AvgIpc) is 2.82. The molecule has 0 radical (unpaired) electrons. The van der Waals surface area contributed by atoms with E-state index in [1.165, 1.54) is 37.8 Å². The molecule has 2 aliphatic heterocycles. The zero-order valence-electron chi connectivity index (χ0n) is 10.8. The van der Waals surface area contributed by atoms with Crippen molar-refractivity contribution in [3.63, 3.8) is 0 Å². The predicted molar refractivity (Wildman–Crippen MR) is 73.5 cm³/mol. The molecule has 17 heavy (non-hydrogen) atoms. The molecule has 1 aromatic heterocycles. The quantitative estimate of drug-likeness (QED) is 0.887. The summed E-state index contributed by atoms with van der Waals surface area (Å²) in [4.78, 5) is 4.34. The van der Waals surface area contributed by atoms with Gasteiger partial charge in [-0.3, -0.25) is 4.90 Å². The Kier molecular flexibility index (Phi) is 3.24. The third-order valence-corrected chi connectivity index (χ3v) is 5.59. The number of fused-ring (bicyclic) bond motifs is 2. The van der Waals surface area contributed by atoms with E-state index in [0.29, 0.717) is 0 Å². The first-order valence-electron chi connectivity index (χ1n) is 6.74. The minimum Gasteiger partial charge on any atom is -0.317 e. The molecular weight excluding hydrogens is 228 g/mol. The van der Waals surface area contributed by atoms with Gasteiger partial charge < -0.3 is 5.32 Å². The molecule has 3 rings (SSSR count). The Bertz CT molecular complexity index is 373. The van der Waals surface area contributed by atoms with Gasteiger partial charge in [-0.05, 0) is 56.7 Å². The SMILES string of the molecule is CNC1CC2CCC(C1)N2Cc1sccc1C. The van der Waals surface area contributed by atoms with Gasteiger partial charge in [-0.1, -0.05) is 0 Å². The van der Waals surface area contributed by atoms with Gasteiger partial charge in [0.1, 0.15) is 0 Å². The molecule has 2 atom stereocenters. The van der Waals surface area contributed by atoms with E-state index in [-0.39, 0.29) is 0 Å². The molecular formula is C14H22N2S. The van der Waals surface area contributed by atoms with Crippen LogP contribution in [0.4, 0.5) is 0 Å². The van der Waals surface area contributed by atoms with Crippen molar-refractivity contribution in [1.29, 1.82) is 0 Å². The van der Waals surface area contributed by atoms with Gasteiger partial charge in [0.05, 0.1) is 0 Å². The van der Waals surface area contributed by atoms with Crippen molar-refractivity contribution in [1.82, 2.24) is 10.2 Å². The summed E-state index contributed by atoms with van der Waals surface area (Å²) in [7, 11) is 2.11. The maximum Gasteiger partial charge on any atom is 0.0336 e. The Morgan fingerprint density at radius 2 is 2.06 bits per heavy atom. The molecule has 2 aliphatic rings. The van der Waals surface area contributed by atoms with Crippen LogP contribution >= 0.6 is 11.3 Å². The van der Waals surface area contributed by atoms with E-state index < -0.39 is 0 Å². The first-order chi connectivity index (χ1) is 8.28. The summed E-state index contributed by atoms with van der Waals surface area (Å²) in [6.45, 7) is 3.43. The zero-order valence-corrected chi connectivity index (χ0v) is 11.6. The third kappa shape index (κ3) is 2.16. The maximum absolute atomic E-state index is 3.47. The molecule has 94 valence electrons. The Morgan fingerprint density at radius 3 is 2.59 bits per heavy atom. The lowest BCUT2D eigenvalue weighted by Crippen LogP contribution is -2.47. The summed E-state index contributed by atoms with van der Waals surface area (Å²) < 4.78 is 0. The van der Waals surface area contributed by atoms with Crippen molar-refractivity contribution in [3.8, 4) is 0 Å². The Morgan fingerprint density at radius 1 is 1.35 bits per heavy atom. The lowest BCUT2D eigenvalue weighted by atomic mass is 9.97. The van der Waals surface area contributed by atoms with Gasteiger partial charge in [0.15, 0.2) is 0 Å². The summed E-state index contributed by atoms with van der Waals surface area (Å²) >= 11 is 1.92. The molecule has 0 aromatic carbocycles. The number of aryl methyl sites for hydroxylation is 1. The van der Waals surface area contributed by atoms with Crippen molar-refractivity contribution >= 4 is 11.3 Å². The molecule has 0 aliphatic carbocycles. The highest BCUT2D eigenvalue weighted by Gasteiger charge is 2.40. The van der Waals surface area contributed by atoms with Crippen LogP contribution in [0, 0.1) is 6.92 Å². The normalized spacial score (nSPS) is 33.2. The van der Waals surface area contributed by atoms with Crippen molar-refractivity contribution in [2.45, 2.75) is 57.3 Å². The highest BCUT2D eigenvalue weighted by Crippen LogP contribution is 2.37. The molecule has 2 unspecified atom stereocenters. The van der Waals surface area contributed by atoms with Gasteiger partial charge in [-0.25, -0.2) is 0 Å². The smallest absolute Gasteiger partial charge is 0.0336 e. The van der Waals surface area contributed by atoms with Gasteiger partial charge in [0, 0.05) is 29.5 Å². The van der Waals surface area contributed by atoms with Gasteiger partial charge in [0.25, 0.3) is 0 Å². The molecule has 2 fully saturated rings. The highest BCUT2D eigenvalue weighted by atomic mass is 32.1. The first-order valence-corrected chi connectivity index (χ1v) is 7.62. The van der Waals surface area contributed by atoms with Crippen molar-refractivity contribution in [2.24, 2.45) is 0 Å². The fraction of sp³-hybridized carbons (Fsp3) is 0.714. The van der Waals surface area contributed by atoms with Crippen molar-refractivity contribution < 1.29 is 0 Å². The van der Waals surface area contributed by atoms with Crippen LogP contribution in [0.25, 0.3) is 0 Å². The minimum absolute atomic E-state index is 0.758. The molecule has 2 bridgehead atoms. The number of thiophene rings is 1. The fourth-order valence-corrected chi connectivity index (χ4v) is 4.41. The Labute approximate surface area is 108 Å². The van der Waals surface area contributed by atoms with Crippen LogP contribution in [0.2, 0.25) is 0 Å². The zero-order chi connectivity index (χ0) is 11.8. The lowest BCUT2D eigenvalue weighted by Gasteiger charge is -2.38. The van der Waals surface area contributed by atoms with E-state index in [9.17, 15) is 0 Å². The maximum atomic E-state index is 3.47. The van der Waals surface area contributed by atoms with Gasteiger partial charge in [-0.2, -0.15) is 0 Å². The summed E-state index contributed by atoms with van der Waals surface area (Å²) in [5.41, 5.74) is 1.48. The van der Waals surface area contributed by atoms with Crippen LogP contribution < -0.4 is 5.32 Å². The second-order valence-corrected chi connectivity index (χ2v) is 6.54. The molecule has 0 spiro atoms. The Hall–Kier alpha value is -0.380. The topological polar surface area (TPSA) is 15.3 Å². The van der Waals surface area contributed by atoms with Crippen LogP contribution in [-0.4, -0.2) is 30.1 Å². The number of hydrogen-bond acceptors (Lipinski definition) is 3. The number of hydrogen-bond donors (Lipinski definition) is 1. The molecule has 0 amide bonds. The van der Waals surface area contributed by atoms with E-state index in [4.69, 9.17) is 0 Å². The fourth-order valence-electron chi connectivity index (χ4n) is 3.50. The van der Waals surface area contributed by atoms with Crippen LogP contribution in [0.5, 0.6) is 0 Å². The highest BCUT2D eigenvalue weighted by molar-refractivity contribution is 7.10. The molecule has 3 heteroatoms. The molecule has 2 nitrogen and oxygen atoms in total. The van der Waals surface area contributed by atoms with E-state index in [0.717, 1.165) is 18.1 Å². The van der Waals surface area contributed by atoms with Crippen LogP contribution in [-0.2, 0) is 6.54 Å². The Balaban J connectivity index is 1.71. The molecule has 1 N–H and O–H groups in total. The first kappa shape index (κ1) is 11.7. The standard InChI is InChI=1S/C14H22N2S/c1-10-5-6-17-14(10)9-16-12-3-4-13(16)8-11(7-12)15-2/h5-6,11-13,15H,3-4,7-9H2,1-2H3. The number of rotatable bonds is 3. The second kappa shape index (κ2) is 4.71. The summed E-state index contributed by atoms with van der Waals surface area (Å²) in [6.07, 6.45) is 5.51. The van der Waals surface area contributed by atoms with E-state index in [1.54, 1.807) is 4.88 Å². The van der Waals surface area contributed by atoms with Crippen molar-refractivity contribution in [3.05, 3.63) is 21.9 Å². The summed E-state index contributed by atoms with van der Waals surface area (Å²) in [5.74, 6) is 0. The summed E-state index contributed by atoms with van der Waals surface area (Å²) in [6, 6.07) is 4.66.